The molecule has 0 radical (unpaired) electrons. The fourth-order valence-corrected chi connectivity index (χ4v) is 3.44. The minimum absolute atomic E-state index is 0.325. The van der Waals surface area contributed by atoms with E-state index in [-0.39, 0.29) is 0 Å². The minimum atomic E-state index is 0.325. The van der Waals surface area contributed by atoms with E-state index in [1.165, 1.54) is 0 Å². The first kappa shape index (κ1) is 19.4. The zero-order valence-electron chi connectivity index (χ0n) is 15.9. The van der Waals surface area contributed by atoms with Gasteiger partial charge in [-0.3, -0.25) is 9.67 Å². The Bertz CT molecular complexity index is 749. The van der Waals surface area contributed by atoms with Gasteiger partial charge in [0.05, 0.1) is 12.8 Å². The lowest BCUT2D eigenvalue weighted by atomic mass is 10.2. The molecule has 0 bridgehead atoms. The number of anilines is 1. The van der Waals surface area contributed by atoms with Crippen LogP contribution in [0.1, 0.15) is 12.8 Å². The quantitative estimate of drug-likeness (QED) is 0.431. The maximum atomic E-state index is 6.17. The highest BCUT2D eigenvalue weighted by atomic mass is 35.5. The van der Waals surface area contributed by atoms with E-state index in [1.54, 1.807) is 20.4 Å². The third-order valence-electron chi connectivity index (χ3n) is 4.65. The molecule has 1 aliphatic heterocycles. The van der Waals surface area contributed by atoms with Gasteiger partial charge in [-0.15, -0.1) is 0 Å². The molecule has 1 saturated heterocycles. The van der Waals surface area contributed by atoms with Crippen molar-refractivity contribution in [1.29, 1.82) is 0 Å². The van der Waals surface area contributed by atoms with Gasteiger partial charge in [0.25, 0.3) is 0 Å². The summed E-state index contributed by atoms with van der Waals surface area (Å²) in [6.45, 7) is 3.57. The molecule has 1 fully saturated rings. The number of aryl methyl sites for hydroxylation is 1. The van der Waals surface area contributed by atoms with Crippen LogP contribution >= 0.6 is 11.6 Å². The number of guanidine groups is 1. The van der Waals surface area contributed by atoms with Crippen molar-refractivity contribution in [3.8, 4) is 5.75 Å². The number of methoxy groups -OCH3 is 1. The van der Waals surface area contributed by atoms with Crippen molar-refractivity contribution in [3.63, 3.8) is 0 Å². The molecule has 3 rings (SSSR count). The van der Waals surface area contributed by atoms with Crippen molar-refractivity contribution in [2.75, 3.05) is 38.7 Å². The van der Waals surface area contributed by atoms with E-state index in [1.807, 2.05) is 35.1 Å². The van der Waals surface area contributed by atoms with E-state index in [2.05, 4.69) is 25.6 Å². The summed E-state index contributed by atoms with van der Waals surface area (Å²) in [5.41, 5.74) is 1.04. The average Bonchev–Trinajstić information content (AvgIpc) is 3.36. The fourth-order valence-electron chi connectivity index (χ4n) is 3.28. The van der Waals surface area contributed by atoms with Gasteiger partial charge in [0.15, 0.2) is 5.96 Å². The monoisotopic (exact) mass is 390 g/mol. The molecule has 8 heteroatoms. The summed E-state index contributed by atoms with van der Waals surface area (Å²) in [4.78, 5) is 6.64. The van der Waals surface area contributed by atoms with Gasteiger partial charge < -0.3 is 20.3 Å². The van der Waals surface area contributed by atoms with Crippen LogP contribution in [0.4, 0.5) is 5.69 Å². The van der Waals surface area contributed by atoms with Crippen LogP contribution in [0, 0.1) is 0 Å². The second-order valence-electron chi connectivity index (χ2n) is 6.51. The molecular formula is C19H27ClN6O. The van der Waals surface area contributed by atoms with Crippen LogP contribution in [0.3, 0.4) is 0 Å². The minimum Gasteiger partial charge on any atom is -0.495 e. The molecule has 27 heavy (non-hydrogen) atoms. The lowest BCUT2D eigenvalue weighted by Crippen LogP contribution is -2.45. The number of hydrogen-bond donors (Lipinski definition) is 2. The lowest BCUT2D eigenvalue weighted by Gasteiger charge is -2.22. The number of ether oxygens (including phenoxy) is 1. The van der Waals surface area contributed by atoms with Crippen molar-refractivity contribution in [3.05, 3.63) is 41.7 Å². The Hall–Kier alpha value is -2.41. The predicted octanol–water partition coefficient (Wildman–Crippen LogP) is 2.38. The Balaban J connectivity index is 1.47. The number of aromatic nitrogens is 2. The van der Waals surface area contributed by atoms with Crippen molar-refractivity contribution >= 4 is 23.2 Å². The topological polar surface area (TPSA) is 66.7 Å². The summed E-state index contributed by atoms with van der Waals surface area (Å²) in [6, 6.07) is 7.99. The van der Waals surface area contributed by atoms with Crippen molar-refractivity contribution < 1.29 is 4.74 Å². The van der Waals surface area contributed by atoms with Crippen LogP contribution in [-0.2, 0) is 6.54 Å². The molecule has 0 saturated carbocycles. The Labute approximate surface area is 165 Å². The Morgan fingerprint density at radius 1 is 1.44 bits per heavy atom. The van der Waals surface area contributed by atoms with E-state index in [0.29, 0.717) is 6.04 Å². The normalized spacial score (nSPS) is 17.2. The molecular weight excluding hydrogens is 364 g/mol. The maximum Gasteiger partial charge on any atom is 0.191 e. The van der Waals surface area contributed by atoms with Gasteiger partial charge in [-0.05, 0) is 37.1 Å². The fraction of sp³-hybridized carbons (Fsp3) is 0.474. The average molecular weight is 391 g/mol. The molecule has 1 atom stereocenters. The summed E-state index contributed by atoms with van der Waals surface area (Å²) in [5.74, 6) is 1.68. The standard InChI is InChI=1S/C19H27ClN6O/c1-21-19(22-8-3-10-26-11-4-9-23-26)24-16-7-12-25(14-16)17-13-15(20)5-6-18(17)27-2/h4-6,9,11,13,16H,3,7-8,10,12,14H2,1-2H3,(H2,21,22,24). The third kappa shape index (κ3) is 5.29. The highest BCUT2D eigenvalue weighted by molar-refractivity contribution is 6.30. The molecule has 7 nitrogen and oxygen atoms in total. The van der Waals surface area contributed by atoms with Crippen molar-refractivity contribution in [1.82, 2.24) is 20.4 Å². The van der Waals surface area contributed by atoms with Gasteiger partial charge in [0.1, 0.15) is 5.75 Å². The summed E-state index contributed by atoms with van der Waals surface area (Å²) in [7, 11) is 3.49. The summed E-state index contributed by atoms with van der Waals surface area (Å²) < 4.78 is 7.42. The number of aliphatic imine (C=N–C) groups is 1. The molecule has 0 amide bonds. The van der Waals surface area contributed by atoms with E-state index in [4.69, 9.17) is 16.3 Å². The molecule has 1 aromatic heterocycles. The molecule has 2 N–H and O–H groups in total. The molecule has 2 heterocycles. The van der Waals surface area contributed by atoms with E-state index in [0.717, 1.165) is 61.4 Å². The van der Waals surface area contributed by atoms with Crippen LogP contribution < -0.4 is 20.3 Å². The first-order chi connectivity index (χ1) is 13.2. The van der Waals surface area contributed by atoms with Crippen molar-refractivity contribution in [2.45, 2.75) is 25.4 Å². The SMILES string of the molecule is CN=C(NCCCn1cccn1)NC1CCN(c2cc(Cl)ccc2OC)C1. The van der Waals surface area contributed by atoms with E-state index in [9.17, 15) is 0 Å². The van der Waals surface area contributed by atoms with Crippen LogP contribution in [0.5, 0.6) is 5.75 Å². The van der Waals surface area contributed by atoms with Gasteiger partial charge >= 0.3 is 0 Å². The van der Waals surface area contributed by atoms with Gasteiger partial charge in [-0.2, -0.15) is 5.10 Å². The van der Waals surface area contributed by atoms with Crippen LogP contribution in [0.25, 0.3) is 0 Å². The number of hydrogen-bond acceptors (Lipinski definition) is 4. The number of benzene rings is 1. The zero-order valence-corrected chi connectivity index (χ0v) is 16.6. The summed E-state index contributed by atoms with van der Waals surface area (Å²) in [5, 5.41) is 11.8. The summed E-state index contributed by atoms with van der Waals surface area (Å²) >= 11 is 6.17. The largest absolute Gasteiger partial charge is 0.495 e. The van der Waals surface area contributed by atoms with Crippen LogP contribution in [0.15, 0.2) is 41.7 Å². The molecule has 1 aromatic carbocycles. The van der Waals surface area contributed by atoms with E-state index < -0.39 is 0 Å². The van der Waals surface area contributed by atoms with Crippen LogP contribution in [0.2, 0.25) is 5.02 Å². The Kier molecular flexibility index (Phi) is 6.81. The second-order valence-corrected chi connectivity index (χ2v) is 6.95. The first-order valence-electron chi connectivity index (χ1n) is 9.22. The summed E-state index contributed by atoms with van der Waals surface area (Å²) in [6.07, 6.45) is 5.79. The second kappa shape index (κ2) is 9.50. The van der Waals surface area contributed by atoms with Crippen LogP contribution in [-0.4, -0.2) is 55.6 Å². The Morgan fingerprint density at radius 3 is 3.07 bits per heavy atom. The van der Waals surface area contributed by atoms with E-state index >= 15 is 0 Å². The highest BCUT2D eigenvalue weighted by Crippen LogP contribution is 2.33. The number of halogens is 1. The molecule has 0 aliphatic carbocycles. The van der Waals surface area contributed by atoms with Gasteiger partial charge in [-0.25, -0.2) is 0 Å². The molecule has 1 unspecified atom stereocenters. The number of rotatable bonds is 7. The van der Waals surface area contributed by atoms with Gasteiger partial charge in [0.2, 0.25) is 0 Å². The Morgan fingerprint density at radius 2 is 2.33 bits per heavy atom. The first-order valence-corrected chi connectivity index (χ1v) is 9.60. The maximum absolute atomic E-state index is 6.17. The number of nitrogens with one attached hydrogen (secondary N) is 2. The molecule has 146 valence electrons. The zero-order chi connectivity index (χ0) is 19.1. The van der Waals surface area contributed by atoms with Gasteiger partial charge in [0, 0.05) is 56.7 Å². The smallest absolute Gasteiger partial charge is 0.191 e. The predicted molar refractivity (Wildman–Crippen MR) is 110 cm³/mol. The highest BCUT2D eigenvalue weighted by Gasteiger charge is 2.25. The third-order valence-corrected chi connectivity index (χ3v) is 4.89. The molecule has 0 spiro atoms. The number of nitrogens with zero attached hydrogens (tertiary/aromatic N) is 4. The van der Waals surface area contributed by atoms with Gasteiger partial charge in [-0.1, -0.05) is 11.6 Å². The molecule has 1 aliphatic rings. The molecule has 2 aromatic rings. The van der Waals surface area contributed by atoms with Crippen molar-refractivity contribution in [2.24, 2.45) is 4.99 Å². The lowest BCUT2D eigenvalue weighted by molar-refractivity contribution is 0.415.